The van der Waals surface area contributed by atoms with Gasteiger partial charge in [0.25, 0.3) is 0 Å². The van der Waals surface area contributed by atoms with Gasteiger partial charge in [-0.25, -0.2) is 4.79 Å². The lowest BCUT2D eigenvalue weighted by Crippen LogP contribution is -2.48. The largest absolute Gasteiger partial charge is 0.478 e. The van der Waals surface area contributed by atoms with Crippen LogP contribution in [0.15, 0.2) is 77.4 Å². The summed E-state index contributed by atoms with van der Waals surface area (Å²) in [5.41, 5.74) is 9.56. The average Bonchev–Trinajstić information content (AvgIpc) is 3.50. The summed E-state index contributed by atoms with van der Waals surface area (Å²) < 4.78 is 0. The molecule has 3 aromatic rings. The number of nitrogens with zero attached hydrogens (tertiary/aromatic N) is 1. The van der Waals surface area contributed by atoms with Crippen molar-refractivity contribution in [1.29, 1.82) is 0 Å². The Morgan fingerprint density at radius 1 is 1.12 bits per heavy atom. The second kappa shape index (κ2) is 14.3. The number of nitrogens with two attached hydrogens (primary N) is 1. The molecule has 0 bridgehead atoms. The second-order valence-electron chi connectivity index (χ2n) is 11.8. The number of carboxylic acid groups (broad SMARTS) is 1. The van der Waals surface area contributed by atoms with Crippen molar-refractivity contribution in [1.82, 2.24) is 10.3 Å². The van der Waals surface area contributed by atoms with Crippen LogP contribution >= 0.6 is 0 Å². The molecule has 0 saturated carbocycles. The Morgan fingerprint density at radius 2 is 1.90 bits per heavy atom. The van der Waals surface area contributed by atoms with Gasteiger partial charge in [-0.1, -0.05) is 87.9 Å². The van der Waals surface area contributed by atoms with Crippen LogP contribution < -0.4 is 16.4 Å². The third-order valence-corrected chi connectivity index (χ3v) is 8.81. The lowest BCUT2D eigenvalue weighted by molar-refractivity contribution is -0.131. The van der Waals surface area contributed by atoms with Crippen molar-refractivity contribution < 1.29 is 9.90 Å². The highest BCUT2D eigenvalue weighted by molar-refractivity contribution is 5.87. The van der Waals surface area contributed by atoms with Crippen molar-refractivity contribution in [3.05, 3.63) is 83.6 Å². The lowest BCUT2D eigenvalue weighted by Gasteiger charge is -2.36. The monoisotopic (exact) mass is 567 g/mol. The number of allylic oxidation sites excluding steroid dienone is 1. The van der Waals surface area contributed by atoms with Crippen LogP contribution in [0.4, 0.5) is 5.82 Å². The zero-order valence-electron chi connectivity index (χ0n) is 24.7. The van der Waals surface area contributed by atoms with Gasteiger partial charge in [0.2, 0.25) is 0 Å². The Bertz CT molecular complexity index is 1420. The summed E-state index contributed by atoms with van der Waals surface area (Å²) in [5, 5.41) is 19.4. The number of unbranched alkanes of at least 4 members (excludes halogenated alkanes) is 5. The van der Waals surface area contributed by atoms with Gasteiger partial charge in [0, 0.05) is 18.8 Å². The first-order valence-corrected chi connectivity index (χ1v) is 15.6. The van der Waals surface area contributed by atoms with E-state index in [1.54, 1.807) is 0 Å². The van der Waals surface area contributed by atoms with Gasteiger partial charge in [-0.05, 0) is 76.8 Å². The maximum Gasteiger partial charge on any atom is 0.328 e. The number of hydrogen-bond donors (Lipinski definition) is 5. The van der Waals surface area contributed by atoms with Gasteiger partial charge in [-0.3, -0.25) is 4.99 Å². The van der Waals surface area contributed by atoms with Crippen LogP contribution in [-0.2, 0) is 4.79 Å². The van der Waals surface area contributed by atoms with Crippen molar-refractivity contribution in [2.24, 2.45) is 16.6 Å². The molecular weight excluding hydrogens is 522 g/mol. The van der Waals surface area contributed by atoms with Gasteiger partial charge < -0.3 is 26.5 Å². The SMILES string of the molecule is CCCCCCCC[C@@H]1c2cc3ccccc3cc2C=C[C@H]1C[C@@H](Nc1ccc[nH]1)/C(=C/C(=O)O)[C@H]1CCN=C(N)N1. The van der Waals surface area contributed by atoms with Gasteiger partial charge in [0.15, 0.2) is 5.96 Å². The molecule has 0 radical (unpaired) electrons. The molecule has 0 spiro atoms. The van der Waals surface area contributed by atoms with Crippen LogP contribution in [-0.4, -0.2) is 40.6 Å². The molecule has 2 aliphatic rings. The van der Waals surface area contributed by atoms with Crippen molar-refractivity contribution in [3.8, 4) is 0 Å². The van der Waals surface area contributed by atoms with Crippen LogP contribution in [0.3, 0.4) is 0 Å². The van der Waals surface area contributed by atoms with Crippen molar-refractivity contribution in [2.45, 2.75) is 82.7 Å². The number of benzene rings is 2. The van der Waals surface area contributed by atoms with Crippen LogP contribution in [0.2, 0.25) is 0 Å². The van der Waals surface area contributed by atoms with E-state index in [1.165, 1.54) is 66.5 Å². The van der Waals surface area contributed by atoms with Gasteiger partial charge in [-0.2, -0.15) is 0 Å². The maximum absolute atomic E-state index is 12.1. The van der Waals surface area contributed by atoms with Crippen LogP contribution in [0.25, 0.3) is 16.8 Å². The number of nitrogens with one attached hydrogen (secondary N) is 3. The number of rotatable bonds is 14. The predicted molar refractivity (Wildman–Crippen MR) is 174 cm³/mol. The first kappa shape index (κ1) is 29.5. The zero-order valence-corrected chi connectivity index (χ0v) is 24.7. The van der Waals surface area contributed by atoms with E-state index in [0.717, 1.165) is 24.2 Å². The van der Waals surface area contributed by atoms with Crippen molar-refractivity contribution in [3.63, 3.8) is 0 Å². The van der Waals surface area contributed by atoms with E-state index >= 15 is 0 Å². The molecule has 7 heteroatoms. The molecule has 4 atom stereocenters. The van der Waals surface area contributed by atoms with E-state index in [2.05, 4.69) is 76.1 Å². The average molecular weight is 568 g/mol. The highest BCUT2D eigenvalue weighted by atomic mass is 16.4. The molecule has 7 nitrogen and oxygen atoms in total. The van der Waals surface area contributed by atoms with E-state index < -0.39 is 5.97 Å². The Kier molecular flexibility index (Phi) is 10.0. The summed E-state index contributed by atoms with van der Waals surface area (Å²) >= 11 is 0. The molecular formula is C35H45N5O2. The second-order valence-corrected chi connectivity index (χ2v) is 11.8. The molecule has 6 N–H and O–H groups in total. The Hall–Kier alpha value is -4.00. The summed E-state index contributed by atoms with van der Waals surface area (Å²) in [5.74, 6) is 0.873. The number of anilines is 1. The summed E-state index contributed by atoms with van der Waals surface area (Å²) in [6, 6.07) is 16.8. The number of hydrogen-bond acceptors (Lipinski definition) is 5. The molecule has 1 aromatic heterocycles. The van der Waals surface area contributed by atoms with E-state index in [-0.39, 0.29) is 18.0 Å². The first-order chi connectivity index (χ1) is 20.5. The number of aromatic amines is 1. The topological polar surface area (TPSA) is 116 Å². The first-order valence-electron chi connectivity index (χ1n) is 15.6. The number of fused-ring (bicyclic) bond motifs is 2. The fourth-order valence-electron chi connectivity index (χ4n) is 6.70. The highest BCUT2D eigenvalue weighted by Crippen LogP contribution is 2.42. The number of guanidine groups is 1. The van der Waals surface area contributed by atoms with Gasteiger partial charge in [-0.15, -0.1) is 0 Å². The van der Waals surface area contributed by atoms with Crippen LogP contribution in [0.1, 0.15) is 81.8 Å². The standard InChI is InChI=1S/C35H45N5O2/c1-2-3-4-5-6-7-13-28-27(16-15-26-20-24-11-8-9-12-25(24)21-29(26)28)22-32(39-33-14-10-18-37-33)30(23-34(41)42)31-17-19-38-35(36)40-31/h8-12,14-16,18,20-21,23,27-28,31-32,37,39H,2-7,13,17,19,22H2,1H3,(H,41,42)(H3,36,38,40)/b30-23+/t27-,28-,31+,32+/m0/s1. The number of carbonyl (C=O) groups is 1. The van der Waals surface area contributed by atoms with Crippen LogP contribution in [0.5, 0.6) is 0 Å². The van der Waals surface area contributed by atoms with Gasteiger partial charge in [0.1, 0.15) is 5.82 Å². The van der Waals surface area contributed by atoms with Crippen molar-refractivity contribution >= 4 is 34.6 Å². The quantitative estimate of drug-likeness (QED) is 0.104. The molecule has 0 amide bonds. The number of aliphatic imine (C=N–C) groups is 1. The van der Waals surface area contributed by atoms with Gasteiger partial charge >= 0.3 is 5.97 Å². The normalized spacial score (nSPS) is 20.9. The van der Waals surface area contributed by atoms with E-state index in [9.17, 15) is 9.90 Å². The molecule has 42 heavy (non-hydrogen) atoms. The van der Waals surface area contributed by atoms with Crippen molar-refractivity contribution in [2.75, 3.05) is 11.9 Å². The molecule has 1 aliphatic heterocycles. The third-order valence-electron chi connectivity index (χ3n) is 8.81. The highest BCUT2D eigenvalue weighted by Gasteiger charge is 2.33. The molecule has 222 valence electrons. The minimum absolute atomic E-state index is 0.202. The number of aliphatic carboxylic acids is 1. The Balaban J connectivity index is 1.46. The molecule has 0 fully saturated rings. The van der Waals surface area contributed by atoms with E-state index in [1.807, 2.05) is 18.3 Å². The van der Waals surface area contributed by atoms with Crippen LogP contribution in [0, 0.1) is 5.92 Å². The molecule has 2 heterocycles. The molecule has 0 saturated heterocycles. The number of H-pyrrole nitrogens is 1. The molecule has 0 unspecified atom stereocenters. The molecule has 2 aromatic carbocycles. The van der Waals surface area contributed by atoms with E-state index in [4.69, 9.17) is 5.73 Å². The minimum atomic E-state index is -0.953. The Labute approximate surface area is 249 Å². The fraction of sp³-hybridized carbons (Fsp3) is 0.429. The summed E-state index contributed by atoms with van der Waals surface area (Å²) in [7, 11) is 0. The molecule has 5 rings (SSSR count). The van der Waals surface area contributed by atoms with Gasteiger partial charge in [0.05, 0.1) is 12.1 Å². The number of carboxylic acids is 1. The summed E-state index contributed by atoms with van der Waals surface area (Å²) in [4.78, 5) is 19.7. The maximum atomic E-state index is 12.1. The predicted octanol–water partition coefficient (Wildman–Crippen LogP) is 7.20. The minimum Gasteiger partial charge on any atom is -0.478 e. The Morgan fingerprint density at radius 3 is 2.64 bits per heavy atom. The zero-order chi connectivity index (χ0) is 29.3. The lowest BCUT2D eigenvalue weighted by atomic mass is 9.72. The summed E-state index contributed by atoms with van der Waals surface area (Å²) in [6.07, 6.45) is 18.0. The smallest absolute Gasteiger partial charge is 0.328 e. The fourth-order valence-corrected chi connectivity index (χ4v) is 6.70. The summed E-state index contributed by atoms with van der Waals surface area (Å²) in [6.45, 7) is 2.83. The molecule has 1 aliphatic carbocycles. The number of aromatic nitrogens is 1. The van der Waals surface area contributed by atoms with E-state index in [0.29, 0.717) is 24.8 Å². The third kappa shape index (κ3) is 7.44.